The van der Waals surface area contributed by atoms with Crippen molar-refractivity contribution in [1.82, 2.24) is 15.0 Å². The van der Waals surface area contributed by atoms with Crippen LogP contribution in [0.15, 0.2) is 52.2 Å². The molecule has 0 atom stereocenters. The highest BCUT2D eigenvalue weighted by Gasteiger charge is 2.13. The fraction of sp³-hybridized carbons (Fsp3) is 0.105. The molecule has 27 heavy (non-hydrogen) atoms. The predicted molar refractivity (Wildman–Crippen MR) is 110 cm³/mol. The molecule has 0 fully saturated rings. The van der Waals surface area contributed by atoms with Crippen LogP contribution in [0.1, 0.15) is 5.56 Å². The molecule has 0 unspecified atom stereocenters. The third-order valence-electron chi connectivity index (χ3n) is 4.05. The summed E-state index contributed by atoms with van der Waals surface area (Å²) >= 11 is 4.47. The molecule has 0 spiro atoms. The fourth-order valence-electron chi connectivity index (χ4n) is 2.80. The number of hydrogen-bond donors (Lipinski definition) is 2. The number of hydrogen-bond acceptors (Lipinski definition) is 4. The summed E-state index contributed by atoms with van der Waals surface area (Å²) in [5.74, 6) is -0.686. The third kappa shape index (κ3) is 3.68. The summed E-state index contributed by atoms with van der Waals surface area (Å²) < 4.78 is 14.5. The number of aromatic nitrogens is 3. The third-order valence-corrected chi connectivity index (χ3v) is 5.53. The lowest BCUT2D eigenvalue weighted by Crippen LogP contribution is -2.15. The second-order valence-corrected chi connectivity index (χ2v) is 7.92. The number of nitrogens with zero attached hydrogens (tertiary/aromatic N) is 2. The molecule has 4 rings (SSSR count). The van der Waals surface area contributed by atoms with E-state index in [0.717, 1.165) is 27.5 Å². The van der Waals surface area contributed by atoms with Crippen LogP contribution in [0.25, 0.3) is 21.9 Å². The Labute approximate surface area is 166 Å². The van der Waals surface area contributed by atoms with E-state index in [2.05, 4.69) is 42.3 Å². The monoisotopic (exact) mass is 444 g/mol. The maximum absolute atomic E-state index is 13.9. The maximum atomic E-state index is 13.9. The fourth-order valence-corrected chi connectivity index (χ4v) is 3.89. The van der Waals surface area contributed by atoms with Crippen LogP contribution in [0, 0.1) is 12.7 Å². The normalized spacial score (nSPS) is 11.2. The molecular weight excluding hydrogens is 431 g/mol. The van der Waals surface area contributed by atoms with Crippen molar-refractivity contribution < 1.29 is 9.18 Å². The van der Waals surface area contributed by atoms with E-state index in [1.807, 2.05) is 19.1 Å². The SMILES string of the molecule is Cc1ccc2[nH]c3c(SCC(=O)Nc4ccc(Br)cc4F)ncnc3c2c1. The summed E-state index contributed by atoms with van der Waals surface area (Å²) in [5, 5.41) is 4.29. The van der Waals surface area contributed by atoms with Crippen molar-refractivity contribution in [2.24, 2.45) is 0 Å². The first kappa shape index (κ1) is 17.9. The summed E-state index contributed by atoms with van der Waals surface area (Å²) in [6, 6.07) is 10.6. The van der Waals surface area contributed by atoms with Gasteiger partial charge in [0, 0.05) is 15.4 Å². The zero-order chi connectivity index (χ0) is 19.0. The van der Waals surface area contributed by atoms with E-state index in [1.165, 1.54) is 30.2 Å². The second-order valence-electron chi connectivity index (χ2n) is 6.04. The minimum Gasteiger partial charge on any atom is -0.351 e. The Balaban J connectivity index is 1.55. The molecule has 2 N–H and O–H groups in total. The molecule has 0 aliphatic heterocycles. The van der Waals surface area contributed by atoms with Gasteiger partial charge in [-0.15, -0.1) is 0 Å². The molecule has 2 heterocycles. The number of rotatable bonds is 4. The molecule has 2 aromatic heterocycles. The number of anilines is 1. The van der Waals surface area contributed by atoms with Crippen LogP contribution in [0.3, 0.4) is 0 Å². The van der Waals surface area contributed by atoms with Gasteiger partial charge in [0.2, 0.25) is 5.91 Å². The molecule has 136 valence electrons. The molecule has 0 saturated heterocycles. The lowest BCUT2D eigenvalue weighted by atomic mass is 10.2. The van der Waals surface area contributed by atoms with E-state index < -0.39 is 5.82 Å². The van der Waals surface area contributed by atoms with Crippen LogP contribution in [-0.4, -0.2) is 26.6 Å². The van der Waals surface area contributed by atoms with Crippen LogP contribution < -0.4 is 5.32 Å². The molecule has 0 saturated carbocycles. The van der Waals surface area contributed by atoms with Gasteiger partial charge < -0.3 is 10.3 Å². The number of H-pyrrole nitrogens is 1. The van der Waals surface area contributed by atoms with Crippen LogP contribution in [0.5, 0.6) is 0 Å². The minimum absolute atomic E-state index is 0.107. The lowest BCUT2D eigenvalue weighted by molar-refractivity contribution is -0.113. The molecule has 0 radical (unpaired) electrons. The highest BCUT2D eigenvalue weighted by Crippen LogP contribution is 2.30. The number of carbonyl (C=O) groups is 1. The quantitative estimate of drug-likeness (QED) is 0.341. The Morgan fingerprint density at radius 2 is 2.11 bits per heavy atom. The zero-order valence-electron chi connectivity index (χ0n) is 14.2. The molecule has 0 aliphatic rings. The number of amides is 1. The van der Waals surface area contributed by atoms with Crippen LogP contribution in [-0.2, 0) is 4.79 Å². The van der Waals surface area contributed by atoms with E-state index in [9.17, 15) is 9.18 Å². The number of fused-ring (bicyclic) bond motifs is 3. The average Bonchev–Trinajstić information content (AvgIpc) is 3.01. The largest absolute Gasteiger partial charge is 0.351 e. The highest BCUT2D eigenvalue weighted by molar-refractivity contribution is 9.10. The van der Waals surface area contributed by atoms with Gasteiger partial charge in [0.1, 0.15) is 22.7 Å². The maximum Gasteiger partial charge on any atom is 0.234 e. The Hall–Kier alpha value is -2.45. The van der Waals surface area contributed by atoms with Crippen molar-refractivity contribution in [3.63, 3.8) is 0 Å². The van der Waals surface area contributed by atoms with Crippen molar-refractivity contribution in [3.8, 4) is 0 Å². The first-order valence-corrected chi connectivity index (χ1v) is 9.90. The summed E-state index contributed by atoms with van der Waals surface area (Å²) in [5.41, 5.74) is 3.89. The van der Waals surface area contributed by atoms with Gasteiger partial charge in [0.15, 0.2) is 0 Å². The number of aryl methyl sites for hydroxylation is 1. The first-order chi connectivity index (χ1) is 13.0. The zero-order valence-corrected chi connectivity index (χ0v) is 16.6. The number of thioether (sulfide) groups is 1. The Morgan fingerprint density at radius 1 is 1.26 bits per heavy atom. The standard InChI is InChI=1S/C19H14BrFN4OS/c1-10-2-4-14-12(6-10)17-18(25-14)19(23-9-22-17)27-8-16(26)24-15-5-3-11(20)7-13(15)21/h2-7,9,25H,8H2,1H3,(H,24,26). The lowest BCUT2D eigenvalue weighted by Gasteiger charge is -2.06. The number of benzene rings is 2. The molecule has 4 aromatic rings. The summed E-state index contributed by atoms with van der Waals surface area (Å²) in [4.78, 5) is 24.2. The molecule has 2 aromatic carbocycles. The first-order valence-electron chi connectivity index (χ1n) is 8.12. The number of carbonyl (C=O) groups excluding carboxylic acids is 1. The van der Waals surface area contributed by atoms with Gasteiger partial charge >= 0.3 is 0 Å². The van der Waals surface area contributed by atoms with Crippen molar-refractivity contribution >= 4 is 61.2 Å². The van der Waals surface area contributed by atoms with Crippen molar-refractivity contribution in [2.75, 3.05) is 11.1 Å². The molecule has 5 nitrogen and oxygen atoms in total. The summed E-state index contributed by atoms with van der Waals surface area (Å²) in [6.07, 6.45) is 1.49. The average molecular weight is 445 g/mol. The summed E-state index contributed by atoms with van der Waals surface area (Å²) in [7, 11) is 0. The second kappa shape index (κ2) is 7.28. The van der Waals surface area contributed by atoms with Gasteiger partial charge in [-0.25, -0.2) is 14.4 Å². The van der Waals surface area contributed by atoms with Crippen LogP contribution in [0.2, 0.25) is 0 Å². The van der Waals surface area contributed by atoms with Gasteiger partial charge in [0.05, 0.1) is 17.0 Å². The van der Waals surface area contributed by atoms with Crippen molar-refractivity contribution in [1.29, 1.82) is 0 Å². The van der Waals surface area contributed by atoms with E-state index in [0.29, 0.717) is 9.50 Å². The minimum atomic E-state index is -0.488. The van der Waals surface area contributed by atoms with Gasteiger partial charge in [-0.3, -0.25) is 4.79 Å². The smallest absolute Gasteiger partial charge is 0.234 e. The Morgan fingerprint density at radius 3 is 2.93 bits per heavy atom. The number of nitrogens with one attached hydrogen (secondary N) is 2. The van der Waals surface area contributed by atoms with Gasteiger partial charge in [0.25, 0.3) is 0 Å². The van der Waals surface area contributed by atoms with E-state index >= 15 is 0 Å². The van der Waals surface area contributed by atoms with E-state index in [4.69, 9.17) is 0 Å². The topological polar surface area (TPSA) is 70.7 Å². The van der Waals surface area contributed by atoms with E-state index in [-0.39, 0.29) is 17.3 Å². The number of halogens is 2. The molecule has 0 aliphatic carbocycles. The summed E-state index contributed by atoms with van der Waals surface area (Å²) in [6.45, 7) is 2.03. The number of aromatic amines is 1. The van der Waals surface area contributed by atoms with Gasteiger partial charge in [-0.05, 0) is 37.3 Å². The van der Waals surface area contributed by atoms with Gasteiger partial charge in [-0.2, -0.15) is 0 Å². The highest BCUT2D eigenvalue weighted by atomic mass is 79.9. The van der Waals surface area contributed by atoms with Gasteiger partial charge in [-0.1, -0.05) is 39.3 Å². The molecule has 8 heteroatoms. The Kier molecular flexibility index (Phi) is 4.84. The van der Waals surface area contributed by atoms with Crippen molar-refractivity contribution in [2.45, 2.75) is 11.9 Å². The van der Waals surface area contributed by atoms with Crippen LogP contribution >= 0.6 is 27.7 Å². The van der Waals surface area contributed by atoms with Crippen LogP contribution in [0.4, 0.5) is 10.1 Å². The Bertz CT molecular complexity index is 1180. The van der Waals surface area contributed by atoms with Crippen molar-refractivity contribution in [3.05, 3.63) is 58.6 Å². The van der Waals surface area contributed by atoms with E-state index in [1.54, 1.807) is 6.07 Å². The predicted octanol–water partition coefficient (Wildman–Crippen LogP) is 5.05. The molecule has 0 bridgehead atoms. The molecular formula is C19H14BrFN4OS. The molecule has 1 amide bonds.